The molecule has 7 aromatic carbocycles. The van der Waals surface area contributed by atoms with Crippen LogP contribution in [0.1, 0.15) is 0 Å². The van der Waals surface area contributed by atoms with Crippen LogP contribution in [0.3, 0.4) is 0 Å². The molecule has 0 unspecified atom stereocenters. The van der Waals surface area contributed by atoms with E-state index in [9.17, 15) is 0 Å². The monoisotopic (exact) mass is 626 g/mol. The molecular formula is C44H26N4O. The van der Waals surface area contributed by atoms with Crippen molar-refractivity contribution in [1.29, 1.82) is 0 Å². The number of para-hydroxylation sites is 1. The van der Waals surface area contributed by atoms with Gasteiger partial charge in [-0.15, -0.1) is 0 Å². The Morgan fingerprint density at radius 2 is 0.980 bits per heavy atom. The highest BCUT2D eigenvalue weighted by atomic mass is 16.3. The van der Waals surface area contributed by atoms with Crippen molar-refractivity contribution >= 4 is 38.4 Å². The minimum Gasteiger partial charge on any atom is -0.455 e. The molecule has 9 rings (SSSR count). The van der Waals surface area contributed by atoms with Gasteiger partial charge < -0.3 is 4.42 Å². The lowest BCUT2D eigenvalue weighted by Gasteiger charge is -2.14. The predicted octanol–water partition coefficient (Wildman–Crippen LogP) is 11.8. The van der Waals surface area contributed by atoms with E-state index < -0.39 is 0 Å². The van der Waals surface area contributed by atoms with Crippen LogP contribution in [0.25, 0.3) is 94.0 Å². The van der Waals surface area contributed by atoms with Gasteiger partial charge in [0, 0.05) is 33.0 Å². The Labute approximate surface area is 282 Å². The highest BCUT2D eigenvalue weighted by Gasteiger charge is 2.19. The quantitative estimate of drug-likeness (QED) is 0.178. The molecule has 0 spiro atoms. The molecule has 0 saturated heterocycles. The van der Waals surface area contributed by atoms with Crippen molar-refractivity contribution in [3.63, 3.8) is 0 Å². The van der Waals surface area contributed by atoms with Crippen LogP contribution in [0.2, 0.25) is 0 Å². The summed E-state index contributed by atoms with van der Waals surface area (Å²) in [6, 6.07) is 53.0. The van der Waals surface area contributed by atoms with Crippen molar-refractivity contribution in [2.75, 3.05) is 0 Å². The smallest absolute Gasteiger partial charge is 0.187 e. The summed E-state index contributed by atoms with van der Waals surface area (Å²) in [5.74, 6) is 1.87. The third kappa shape index (κ3) is 5.00. The second-order valence-electron chi connectivity index (χ2n) is 11.9. The Balaban J connectivity index is 1.28. The fraction of sp³-hybridized carbons (Fsp3) is 0. The molecule has 5 heteroatoms. The van der Waals surface area contributed by atoms with Crippen LogP contribution in [-0.4, -0.2) is 15.0 Å². The van der Waals surface area contributed by atoms with Gasteiger partial charge in [-0.1, -0.05) is 127 Å². The van der Waals surface area contributed by atoms with Crippen molar-refractivity contribution in [3.8, 4) is 56.4 Å². The fourth-order valence-electron chi connectivity index (χ4n) is 6.61. The van der Waals surface area contributed by atoms with E-state index in [1.165, 1.54) is 0 Å². The lowest BCUT2D eigenvalue weighted by Crippen LogP contribution is -2.00. The summed E-state index contributed by atoms with van der Waals surface area (Å²) in [4.78, 5) is 18.7. The average molecular weight is 627 g/mol. The van der Waals surface area contributed by atoms with Gasteiger partial charge in [-0.2, -0.15) is 0 Å². The zero-order valence-corrected chi connectivity index (χ0v) is 26.2. The van der Waals surface area contributed by atoms with Gasteiger partial charge in [0.15, 0.2) is 23.2 Å². The molecule has 9 aromatic rings. The molecule has 0 N–H and O–H groups in total. The van der Waals surface area contributed by atoms with Crippen molar-refractivity contribution in [1.82, 2.24) is 15.0 Å². The van der Waals surface area contributed by atoms with Crippen LogP contribution < -0.4 is 0 Å². The van der Waals surface area contributed by atoms with Crippen LogP contribution in [0.4, 0.5) is 5.69 Å². The lowest BCUT2D eigenvalue weighted by molar-refractivity contribution is 0.670. The summed E-state index contributed by atoms with van der Waals surface area (Å²) in [7, 11) is 0. The average Bonchev–Trinajstić information content (AvgIpc) is 3.56. The second kappa shape index (κ2) is 11.7. The van der Waals surface area contributed by atoms with E-state index in [4.69, 9.17) is 25.9 Å². The topological polar surface area (TPSA) is 56.2 Å². The van der Waals surface area contributed by atoms with Crippen LogP contribution in [0.5, 0.6) is 0 Å². The number of aromatic nitrogens is 3. The first-order valence-electron chi connectivity index (χ1n) is 16.1. The Kier molecular flexibility index (Phi) is 6.78. The standard InChI is InChI=1S/C44H26N4O/c1-45-32-18-12-17-30(25-32)38-26-31(27-39-36-21-10-11-22-40(36)49-41(38)39)33-23-24-37(35-20-9-8-19-34(33)35)44-47-42(28-13-4-2-5-14-28)46-43(48-44)29-15-6-3-7-16-29/h2-27H. The summed E-state index contributed by atoms with van der Waals surface area (Å²) < 4.78 is 6.46. The van der Waals surface area contributed by atoms with E-state index in [0.717, 1.165) is 71.7 Å². The maximum absolute atomic E-state index is 7.62. The van der Waals surface area contributed by atoms with E-state index >= 15 is 0 Å². The molecule has 0 saturated carbocycles. The van der Waals surface area contributed by atoms with E-state index in [1.54, 1.807) is 0 Å². The number of fused-ring (bicyclic) bond motifs is 4. The lowest BCUT2D eigenvalue weighted by atomic mass is 9.91. The minimum atomic E-state index is 0.587. The molecule has 0 amide bonds. The zero-order valence-electron chi connectivity index (χ0n) is 26.2. The van der Waals surface area contributed by atoms with Crippen molar-refractivity contribution in [2.24, 2.45) is 0 Å². The maximum atomic E-state index is 7.62. The third-order valence-electron chi connectivity index (χ3n) is 8.94. The molecule has 5 nitrogen and oxygen atoms in total. The molecule has 0 aliphatic rings. The zero-order chi connectivity index (χ0) is 32.7. The maximum Gasteiger partial charge on any atom is 0.187 e. The van der Waals surface area contributed by atoms with Gasteiger partial charge in [0.2, 0.25) is 0 Å². The Morgan fingerprint density at radius 1 is 0.408 bits per heavy atom. The molecule has 228 valence electrons. The van der Waals surface area contributed by atoms with E-state index in [-0.39, 0.29) is 0 Å². The first kappa shape index (κ1) is 28.3. The molecule has 2 aromatic heterocycles. The van der Waals surface area contributed by atoms with E-state index in [2.05, 4.69) is 59.4 Å². The van der Waals surface area contributed by atoms with Gasteiger partial charge >= 0.3 is 0 Å². The number of furan rings is 1. The molecule has 2 heterocycles. The number of benzene rings is 7. The Morgan fingerprint density at radius 3 is 1.67 bits per heavy atom. The molecule has 0 radical (unpaired) electrons. The second-order valence-corrected chi connectivity index (χ2v) is 11.9. The molecule has 0 bridgehead atoms. The van der Waals surface area contributed by atoms with Crippen LogP contribution >= 0.6 is 0 Å². The highest BCUT2D eigenvalue weighted by Crippen LogP contribution is 2.43. The summed E-state index contributed by atoms with van der Waals surface area (Å²) in [5.41, 5.74) is 9.02. The molecule has 0 aliphatic carbocycles. The summed E-state index contributed by atoms with van der Waals surface area (Å²) in [6.07, 6.45) is 0. The fourth-order valence-corrected chi connectivity index (χ4v) is 6.61. The van der Waals surface area contributed by atoms with Crippen molar-refractivity contribution < 1.29 is 4.42 Å². The SMILES string of the molecule is [C-]#[N+]c1cccc(-c2cc(-c3ccc(-c4nc(-c5ccccc5)nc(-c5ccccc5)n4)c4ccccc34)cc3c2oc2ccccc23)c1. The van der Waals surface area contributed by atoms with E-state index in [1.807, 2.05) is 103 Å². The van der Waals surface area contributed by atoms with Gasteiger partial charge in [0.1, 0.15) is 11.2 Å². The van der Waals surface area contributed by atoms with Crippen LogP contribution in [0.15, 0.2) is 162 Å². The largest absolute Gasteiger partial charge is 0.455 e. The van der Waals surface area contributed by atoms with Gasteiger partial charge in [-0.25, -0.2) is 19.8 Å². The highest BCUT2D eigenvalue weighted by molar-refractivity contribution is 6.13. The van der Waals surface area contributed by atoms with Crippen molar-refractivity contribution in [2.45, 2.75) is 0 Å². The van der Waals surface area contributed by atoms with Gasteiger partial charge in [-0.3, -0.25) is 0 Å². The number of hydrogen-bond donors (Lipinski definition) is 0. The molecule has 0 fully saturated rings. The van der Waals surface area contributed by atoms with Gasteiger partial charge in [-0.05, 0) is 57.8 Å². The predicted molar refractivity (Wildman–Crippen MR) is 198 cm³/mol. The Hall–Kier alpha value is -6.90. The van der Waals surface area contributed by atoms with Crippen LogP contribution in [0, 0.1) is 6.57 Å². The third-order valence-corrected chi connectivity index (χ3v) is 8.94. The number of rotatable bonds is 5. The van der Waals surface area contributed by atoms with Gasteiger partial charge in [0.25, 0.3) is 0 Å². The first-order valence-corrected chi connectivity index (χ1v) is 16.1. The van der Waals surface area contributed by atoms with E-state index in [0.29, 0.717) is 23.2 Å². The Bertz CT molecular complexity index is 2670. The molecule has 0 atom stereocenters. The number of hydrogen-bond acceptors (Lipinski definition) is 4. The summed E-state index contributed by atoms with van der Waals surface area (Å²) in [5, 5.41) is 4.20. The van der Waals surface area contributed by atoms with Crippen LogP contribution in [-0.2, 0) is 0 Å². The minimum absolute atomic E-state index is 0.587. The first-order chi connectivity index (χ1) is 24.2. The summed E-state index contributed by atoms with van der Waals surface area (Å²) in [6.45, 7) is 7.62. The van der Waals surface area contributed by atoms with Crippen molar-refractivity contribution in [3.05, 3.63) is 169 Å². The van der Waals surface area contributed by atoms with Gasteiger partial charge in [0.05, 0.1) is 6.57 Å². The number of nitrogens with zero attached hydrogens (tertiary/aromatic N) is 4. The molecule has 49 heavy (non-hydrogen) atoms. The normalized spacial score (nSPS) is 11.2. The molecular weight excluding hydrogens is 601 g/mol. The molecule has 0 aliphatic heterocycles. The summed E-state index contributed by atoms with van der Waals surface area (Å²) >= 11 is 0.